The molecule has 0 radical (unpaired) electrons. The lowest BCUT2D eigenvalue weighted by atomic mass is 9.93. The van der Waals surface area contributed by atoms with Gasteiger partial charge in [-0.25, -0.2) is 9.67 Å². The van der Waals surface area contributed by atoms with Gasteiger partial charge in [-0.2, -0.15) is 5.10 Å². The first-order valence-electron chi connectivity index (χ1n) is 7.15. The van der Waals surface area contributed by atoms with E-state index in [1.807, 2.05) is 11.7 Å². The van der Waals surface area contributed by atoms with Crippen LogP contribution in [0.25, 0.3) is 0 Å². The largest absolute Gasteiger partial charge is 0.316 e. The van der Waals surface area contributed by atoms with Gasteiger partial charge in [0.15, 0.2) is 0 Å². The summed E-state index contributed by atoms with van der Waals surface area (Å²) in [7, 11) is 2.04. The zero-order chi connectivity index (χ0) is 13.5. The fraction of sp³-hybridized carbons (Fsp3) is 0.857. The van der Waals surface area contributed by atoms with Crippen molar-refractivity contribution in [1.82, 2.24) is 20.1 Å². The summed E-state index contributed by atoms with van der Waals surface area (Å²) in [5.74, 6) is 1.76. The van der Waals surface area contributed by atoms with Crippen molar-refractivity contribution in [3.8, 4) is 0 Å². The molecular weight excluding hydrogens is 224 g/mol. The summed E-state index contributed by atoms with van der Waals surface area (Å²) in [5, 5.41) is 7.74. The van der Waals surface area contributed by atoms with Crippen molar-refractivity contribution in [3.63, 3.8) is 0 Å². The molecule has 0 saturated carbocycles. The fourth-order valence-electron chi connectivity index (χ4n) is 2.36. The normalized spacial score (nSPS) is 15.0. The van der Waals surface area contributed by atoms with Gasteiger partial charge in [0, 0.05) is 18.5 Å². The molecule has 1 heterocycles. The average molecular weight is 252 g/mol. The highest BCUT2D eigenvalue weighted by molar-refractivity contribution is 4.92. The van der Waals surface area contributed by atoms with Crippen LogP contribution in [0, 0.1) is 5.92 Å². The summed E-state index contributed by atoms with van der Waals surface area (Å²) in [6, 6.07) is 0.865. The Bertz CT molecular complexity index is 332. The second kappa shape index (κ2) is 7.52. The van der Waals surface area contributed by atoms with Gasteiger partial charge in [0.2, 0.25) is 0 Å². The van der Waals surface area contributed by atoms with Crippen molar-refractivity contribution in [3.05, 3.63) is 12.2 Å². The van der Waals surface area contributed by atoms with E-state index in [0.717, 1.165) is 12.2 Å². The maximum Gasteiger partial charge on any atom is 0.138 e. The molecule has 1 rings (SSSR count). The molecule has 0 bridgehead atoms. The van der Waals surface area contributed by atoms with Crippen LogP contribution in [-0.4, -0.2) is 27.9 Å². The molecular formula is C14H28N4. The topological polar surface area (TPSA) is 42.7 Å². The molecule has 0 saturated heterocycles. The molecule has 4 nitrogen and oxygen atoms in total. The maximum atomic E-state index is 4.40. The summed E-state index contributed by atoms with van der Waals surface area (Å²) >= 11 is 0. The average Bonchev–Trinajstić information content (AvgIpc) is 2.81. The second-order valence-corrected chi connectivity index (χ2v) is 5.43. The molecule has 0 amide bonds. The van der Waals surface area contributed by atoms with Crippen LogP contribution < -0.4 is 5.32 Å². The minimum absolute atomic E-state index is 0.381. The minimum atomic E-state index is 0.381. The van der Waals surface area contributed by atoms with Gasteiger partial charge < -0.3 is 5.32 Å². The van der Waals surface area contributed by atoms with Gasteiger partial charge in [-0.1, -0.05) is 26.7 Å². The Morgan fingerprint density at radius 1 is 1.33 bits per heavy atom. The molecule has 0 aliphatic rings. The predicted molar refractivity (Wildman–Crippen MR) is 75.6 cm³/mol. The summed E-state index contributed by atoms with van der Waals surface area (Å²) in [5.41, 5.74) is 0. The highest BCUT2D eigenvalue weighted by Crippen LogP contribution is 2.16. The smallest absolute Gasteiger partial charge is 0.138 e. The van der Waals surface area contributed by atoms with Crippen LogP contribution in [0.1, 0.15) is 58.8 Å². The predicted octanol–water partition coefficient (Wildman–Crippen LogP) is 2.82. The molecule has 2 unspecified atom stereocenters. The number of nitrogens with zero attached hydrogens (tertiary/aromatic N) is 3. The number of hydrogen-bond donors (Lipinski definition) is 1. The van der Waals surface area contributed by atoms with Gasteiger partial charge in [-0.05, 0) is 33.2 Å². The fourth-order valence-corrected chi connectivity index (χ4v) is 2.36. The SMILES string of the molecule is CCCCC(C)C(Cc1ncnn1C(C)C)NC. The van der Waals surface area contributed by atoms with Crippen molar-refractivity contribution >= 4 is 0 Å². The van der Waals surface area contributed by atoms with Gasteiger partial charge in [0.1, 0.15) is 12.2 Å². The van der Waals surface area contributed by atoms with Gasteiger partial charge in [0.05, 0.1) is 0 Å². The molecule has 4 heteroatoms. The second-order valence-electron chi connectivity index (χ2n) is 5.43. The number of nitrogens with one attached hydrogen (secondary N) is 1. The van der Waals surface area contributed by atoms with Gasteiger partial charge >= 0.3 is 0 Å². The first-order chi connectivity index (χ1) is 8.60. The van der Waals surface area contributed by atoms with Gasteiger partial charge in [-0.15, -0.1) is 0 Å². The summed E-state index contributed by atoms with van der Waals surface area (Å²) in [6.07, 6.45) is 6.47. The third kappa shape index (κ3) is 4.09. The summed E-state index contributed by atoms with van der Waals surface area (Å²) in [4.78, 5) is 4.40. The van der Waals surface area contributed by atoms with Gasteiger partial charge in [-0.3, -0.25) is 0 Å². The quantitative estimate of drug-likeness (QED) is 0.773. The van der Waals surface area contributed by atoms with Crippen LogP contribution in [0.5, 0.6) is 0 Å². The molecule has 0 aliphatic carbocycles. The van der Waals surface area contributed by atoms with E-state index < -0.39 is 0 Å². The van der Waals surface area contributed by atoms with Crippen LogP contribution in [0.3, 0.4) is 0 Å². The van der Waals surface area contributed by atoms with Crippen molar-refractivity contribution < 1.29 is 0 Å². The van der Waals surface area contributed by atoms with E-state index in [1.165, 1.54) is 19.3 Å². The Balaban J connectivity index is 2.64. The molecule has 1 aromatic heterocycles. The number of hydrogen-bond acceptors (Lipinski definition) is 3. The maximum absolute atomic E-state index is 4.40. The van der Waals surface area contributed by atoms with Crippen molar-refractivity contribution in [2.45, 2.75) is 65.5 Å². The Morgan fingerprint density at radius 3 is 2.61 bits per heavy atom. The number of likely N-dealkylation sites (N-methyl/N-ethyl adjacent to an activating group) is 1. The molecule has 1 aromatic rings. The Kier molecular flexibility index (Phi) is 6.33. The number of aromatic nitrogens is 3. The monoisotopic (exact) mass is 252 g/mol. The van der Waals surface area contributed by atoms with E-state index in [4.69, 9.17) is 0 Å². The summed E-state index contributed by atoms with van der Waals surface area (Å²) < 4.78 is 2.02. The molecule has 0 aromatic carbocycles. The van der Waals surface area contributed by atoms with E-state index >= 15 is 0 Å². The molecule has 2 atom stereocenters. The molecule has 0 spiro atoms. The lowest BCUT2D eigenvalue weighted by Crippen LogP contribution is -2.35. The van der Waals surface area contributed by atoms with E-state index in [2.05, 4.69) is 43.1 Å². The van der Waals surface area contributed by atoms with E-state index in [-0.39, 0.29) is 0 Å². The van der Waals surface area contributed by atoms with Crippen molar-refractivity contribution in [2.75, 3.05) is 7.05 Å². The highest BCUT2D eigenvalue weighted by Gasteiger charge is 2.19. The first-order valence-corrected chi connectivity index (χ1v) is 7.15. The third-order valence-corrected chi connectivity index (χ3v) is 3.61. The number of unbranched alkanes of at least 4 members (excludes halogenated alkanes) is 1. The van der Waals surface area contributed by atoms with Crippen LogP contribution in [0.4, 0.5) is 0 Å². The zero-order valence-electron chi connectivity index (χ0n) is 12.5. The molecule has 18 heavy (non-hydrogen) atoms. The van der Waals surface area contributed by atoms with E-state index in [0.29, 0.717) is 18.0 Å². The van der Waals surface area contributed by atoms with Crippen LogP contribution in [0.15, 0.2) is 6.33 Å². The van der Waals surface area contributed by atoms with Crippen molar-refractivity contribution in [1.29, 1.82) is 0 Å². The standard InChI is InChI=1S/C14H28N4/c1-6-7-8-12(4)13(15-5)9-14-16-10-17-18(14)11(2)3/h10-13,15H,6-9H2,1-5H3. The Morgan fingerprint density at radius 2 is 2.06 bits per heavy atom. The molecule has 104 valence electrons. The molecule has 0 fully saturated rings. The molecule has 1 N–H and O–H groups in total. The first kappa shape index (κ1) is 15.2. The third-order valence-electron chi connectivity index (χ3n) is 3.61. The number of rotatable bonds is 8. The van der Waals surface area contributed by atoms with E-state index in [1.54, 1.807) is 6.33 Å². The zero-order valence-corrected chi connectivity index (χ0v) is 12.5. The summed E-state index contributed by atoms with van der Waals surface area (Å²) in [6.45, 7) is 8.86. The highest BCUT2D eigenvalue weighted by atomic mass is 15.3. The van der Waals surface area contributed by atoms with Crippen molar-refractivity contribution in [2.24, 2.45) is 5.92 Å². The Labute approximate surface area is 111 Å². The van der Waals surface area contributed by atoms with Crippen LogP contribution in [0.2, 0.25) is 0 Å². The lowest BCUT2D eigenvalue weighted by Gasteiger charge is -2.23. The molecule has 0 aliphatic heterocycles. The lowest BCUT2D eigenvalue weighted by molar-refractivity contribution is 0.352. The van der Waals surface area contributed by atoms with E-state index in [9.17, 15) is 0 Å². The van der Waals surface area contributed by atoms with Gasteiger partial charge in [0.25, 0.3) is 0 Å². The minimum Gasteiger partial charge on any atom is -0.316 e. The van der Waals surface area contributed by atoms with Crippen LogP contribution >= 0.6 is 0 Å². The van der Waals surface area contributed by atoms with Crippen LogP contribution in [-0.2, 0) is 6.42 Å². The Hall–Kier alpha value is -0.900.